The van der Waals surface area contributed by atoms with Crippen LogP contribution >= 0.6 is 0 Å². The van der Waals surface area contributed by atoms with Crippen LogP contribution in [0.15, 0.2) is 42.5 Å². The molecule has 33 heavy (non-hydrogen) atoms. The number of nitrogens with one attached hydrogen (secondary N) is 1. The van der Waals surface area contributed by atoms with Crippen LogP contribution in [0, 0.1) is 5.92 Å². The Morgan fingerprint density at radius 3 is 2.55 bits per heavy atom. The van der Waals surface area contributed by atoms with Gasteiger partial charge in [-0.15, -0.1) is 0 Å². The first kappa shape index (κ1) is 25.1. The maximum absolute atomic E-state index is 10.7. The molecule has 0 bridgehead atoms. The Bertz CT molecular complexity index is 903. The van der Waals surface area contributed by atoms with E-state index in [4.69, 9.17) is 15.6 Å². The van der Waals surface area contributed by atoms with Crippen LogP contribution in [0.25, 0.3) is 0 Å². The standard InChI is InChI=1S/C27H38N2O4/c1-27(2,16-19-13-20-7-3-4-8-21(20)14-19)29-17-23(30)18-33-24-11-12-25(28)22(15-24)9-5-6-10-26(31)32/h3-4,7-8,11-12,15,19,23,29-30H,5-6,9-10,13-14,16-18,28H2,1-2H3,(H,31,32)/t23-/m1/s1. The number of carboxylic acids is 1. The molecule has 0 fully saturated rings. The number of aryl methyl sites for hydroxylation is 1. The molecule has 0 heterocycles. The number of ether oxygens (including phenoxy) is 1. The van der Waals surface area contributed by atoms with Crippen LogP contribution in [0.1, 0.15) is 56.2 Å². The number of unbranched alkanes of at least 4 members (excludes halogenated alkanes) is 1. The number of nitrogen functional groups attached to an aromatic ring is 1. The summed E-state index contributed by atoms with van der Waals surface area (Å²) in [5.41, 5.74) is 10.5. The molecular weight excluding hydrogens is 416 g/mol. The average molecular weight is 455 g/mol. The molecule has 0 aromatic heterocycles. The van der Waals surface area contributed by atoms with Crippen LogP contribution in [0.2, 0.25) is 0 Å². The predicted molar refractivity (Wildman–Crippen MR) is 132 cm³/mol. The summed E-state index contributed by atoms with van der Waals surface area (Å²) in [5.74, 6) is 0.514. The SMILES string of the molecule is CC(C)(CC1Cc2ccccc2C1)NC[C@@H](O)COc1ccc(N)c(CCCCC(=O)O)c1. The van der Waals surface area contributed by atoms with Gasteiger partial charge in [0.05, 0.1) is 0 Å². The lowest BCUT2D eigenvalue weighted by Crippen LogP contribution is -2.46. The number of hydrogen-bond acceptors (Lipinski definition) is 5. The largest absolute Gasteiger partial charge is 0.491 e. The number of fused-ring (bicyclic) bond motifs is 1. The highest BCUT2D eigenvalue weighted by Crippen LogP contribution is 2.31. The second-order valence-electron chi connectivity index (χ2n) is 9.94. The van der Waals surface area contributed by atoms with Crippen LogP contribution in [-0.4, -0.2) is 41.0 Å². The highest BCUT2D eigenvalue weighted by Gasteiger charge is 2.28. The Hall–Kier alpha value is -2.57. The Morgan fingerprint density at radius 2 is 1.88 bits per heavy atom. The van der Waals surface area contributed by atoms with Gasteiger partial charge in [0.2, 0.25) is 0 Å². The fraction of sp³-hybridized carbons (Fsp3) is 0.519. The van der Waals surface area contributed by atoms with E-state index in [0.717, 1.165) is 31.2 Å². The van der Waals surface area contributed by atoms with Crippen LogP contribution in [-0.2, 0) is 24.1 Å². The van der Waals surface area contributed by atoms with E-state index < -0.39 is 12.1 Å². The van der Waals surface area contributed by atoms with Crippen molar-refractivity contribution in [3.05, 3.63) is 59.2 Å². The van der Waals surface area contributed by atoms with Crippen LogP contribution in [0.3, 0.4) is 0 Å². The minimum Gasteiger partial charge on any atom is -0.491 e. The van der Waals surface area contributed by atoms with Crippen molar-refractivity contribution in [2.45, 2.75) is 70.4 Å². The number of nitrogens with two attached hydrogens (primary N) is 1. The number of aliphatic carboxylic acids is 1. The number of β-amino-alcohol motifs (C(OH)–C–C–N with tert-alkyl or cyclic N) is 1. The number of carboxylic acid groups (broad SMARTS) is 1. The summed E-state index contributed by atoms with van der Waals surface area (Å²) in [4.78, 5) is 10.7. The van der Waals surface area contributed by atoms with Gasteiger partial charge in [0.25, 0.3) is 0 Å². The van der Waals surface area contributed by atoms with Gasteiger partial charge >= 0.3 is 5.97 Å². The zero-order valence-electron chi connectivity index (χ0n) is 19.8. The molecule has 1 aliphatic carbocycles. The molecule has 0 saturated carbocycles. The Labute approximate surface area is 197 Å². The summed E-state index contributed by atoms with van der Waals surface area (Å²) in [6, 6.07) is 14.2. The number of benzene rings is 2. The highest BCUT2D eigenvalue weighted by molar-refractivity contribution is 5.66. The third-order valence-electron chi connectivity index (χ3n) is 6.39. The molecule has 0 radical (unpaired) electrons. The van der Waals surface area contributed by atoms with Crippen molar-refractivity contribution < 1.29 is 19.7 Å². The van der Waals surface area contributed by atoms with Crippen molar-refractivity contribution in [3.63, 3.8) is 0 Å². The number of hydrogen-bond donors (Lipinski definition) is 4. The summed E-state index contributed by atoms with van der Waals surface area (Å²) in [6.07, 6.45) is 4.94. The van der Waals surface area contributed by atoms with Gasteiger partial charge in [0.15, 0.2) is 0 Å². The van der Waals surface area contributed by atoms with Gasteiger partial charge in [-0.05, 0) is 93.2 Å². The van der Waals surface area contributed by atoms with E-state index in [1.807, 2.05) is 6.07 Å². The lowest BCUT2D eigenvalue weighted by atomic mass is 9.88. The van der Waals surface area contributed by atoms with Crippen molar-refractivity contribution in [3.8, 4) is 5.75 Å². The first-order valence-corrected chi connectivity index (χ1v) is 11.9. The first-order valence-electron chi connectivity index (χ1n) is 11.9. The Balaban J connectivity index is 1.40. The second kappa shape index (κ2) is 11.5. The molecule has 180 valence electrons. The minimum absolute atomic E-state index is 0.0714. The zero-order chi connectivity index (χ0) is 23.8. The van der Waals surface area contributed by atoms with Gasteiger partial charge in [0, 0.05) is 24.2 Å². The minimum atomic E-state index is -0.779. The lowest BCUT2D eigenvalue weighted by Gasteiger charge is -2.30. The number of carbonyl (C=O) groups is 1. The van der Waals surface area contributed by atoms with Gasteiger partial charge < -0.3 is 26.0 Å². The molecule has 2 aromatic rings. The third kappa shape index (κ3) is 8.06. The molecule has 0 aliphatic heterocycles. The second-order valence-corrected chi connectivity index (χ2v) is 9.94. The van der Waals surface area contributed by atoms with Crippen LogP contribution < -0.4 is 15.8 Å². The number of rotatable bonds is 13. The van der Waals surface area contributed by atoms with Crippen LogP contribution in [0.5, 0.6) is 5.75 Å². The van der Waals surface area contributed by atoms with E-state index in [1.165, 1.54) is 11.1 Å². The van der Waals surface area contributed by atoms with Crippen molar-refractivity contribution in [2.24, 2.45) is 5.92 Å². The molecule has 2 aromatic carbocycles. The van der Waals surface area contributed by atoms with E-state index in [-0.39, 0.29) is 18.6 Å². The normalized spacial score (nSPS) is 14.8. The predicted octanol–water partition coefficient (Wildman–Crippen LogP) is 3.98. The number of aliphatic hydroxyl groups is 1. The molecule has 0 amide bonds. The summed E-state index contributed by atoms with van der Waals surface area (Å²) < 4.78 is 5.81. The van der Waals surface area contributed by atoms with E-state index in [2.05, 4.69) is 43.4 Å². The van der Waals surface area contributed by atoms with Gasteiger partial charge in [-0.3, -0.25) is 4.79 Å². The Morgan fingerprint density at radius 1 is 1.18 bits per heavy atom. The molecule has 6 heteroatoms. The average Bonchev–Trinajstić information content (AvgIpc) is 3.16. The van der Waals surface area contributed by atoms with Gasteiger partial charge in [-0.2, -0.15) is 0 Å². The summed E-state index contributed by atoms with van der Waals surface area (Å²) in [5, 5.41) is 22.7. The first-order chi connectivity index (χ1) is 15.7. The fourth-order valence-corrected chi connectivity index (χ4v) is 4.71. The molecule has 1 atom stereocenters. The Kier molecular flexibility index (Phi) is 8.75. The maximum atomic E-state index is 10.7. The molecule has 5 N–H and O–H groups in total. The topological polar surface area (TPSA) is 105 Å². The summed E-state index contributed by atoms with van der Waals surface area (Å²) in [6.45, 7) is 5.05. The highest BCUT2D eigenvalue weighted by atomic mass is 16.5. The number of aliphatic hydroxyl groups excluding tert-OH is 1. The van der Waals surface area contributed by atoms with Crippen LogP contribution in [0.4, 0.5) is 5.69 Å². The molecule has 0 spiro atoms. The summed E-state index contributed by atoms with van der Waals surface area (Å²) in [7, 11) is 0. The fourth-order valence-electron chi connectivity index (χ4n) is 4.71. The molecule has 3 rings (SSSR count). The van der Waals surface area contributed by atoms with E-state index in [0.29, 0.717) is 36.7 Å². The molecular formula is C27H38N2O4. The lowest BCUT2D eigenvalue weighted by molar-refractivity contribution is -0.137. The van der Waals surface area contributed by atoms with E-state index >= 15 is 0 Å². The summed E-state index contributed by atoms with van der Waals surface area (Å²) >= 11 is 0. The van der Waals surface area contributed by atoms with Crippen molar-refractivity contribution in [1.82, 2.24) is 5.32 Å². The third-order valence-corrected chi connectivity index (χ3v) is 6.39. The van der Waals surface area contributed by atoms with Crippen molar-refractivity contribution >= 4 is 11.7 Å². The monoisotopic (exact) mass is 454 g/mol. The van der Waals surface area contributed by atoms with Gasteiger partial charge in [0.1, 0.15) is 18.5 Å². The zero-order valence-corrected chi connectivity index (χ0v) is 19.8. The van der Waals surface area contributed by atoms with Crippen molar-refractivity contribution in [2.75, 3.05) is 18.9 Å². The van der Waals surface area contributed by atoms with E-state index in [1.54, 1.807) is 12.1 Å². The van der Waals surface area contributed by atoms with Gasteiger partial charge in [-0.1, -0.05) is 24.3 Å². The smallest absolute Gasteiger partial charge is 0.303 e. The van der Waals surface area contributed by atoms with Crippen molar-refractivity contribution in [1.29, 1.82) is 0 Å². The van der Waals surface area contributed by atoms with Gasteiger partial charge in [-0.25, -0.2) is 0 Å². The quantitative estimate of drug-likeness (QED) is 0.270. The number of anilines is 1. The van der Waals surface area contributed by atoms with E-state index in [9.17, 15) is 9.90 Å². The molecule has 0 unspecified atom stereocenters. The molecule has 6 nitrogen and oxygen atoms in total. The molecule has 1 aliphatic rings. The molecule has 0 saturated heterocycles. The maximum Gasteiger partial charge on any atom is 0.303 e.